The Labute approximate surface area is 222 Å². The first kappa shape index (κ1) is 23.9. The summed E-state index contributed by atoms with van der Waals surface area (Å²) in [6.07, 6.45) is 5.57. The maximum Gasteiger partial charge on any atom is 0.224 e. The van der Waals surface area contributed by atoms with Crippen molar-refractivity contribution in [3.8, 4) is 33.3 Å². The van der Waals surface area contributed by atoms with Gasteiger partial charge in [0.2, 0.25) is 5.91 Å². The minimum atomic E-state index is -0.102. The molecule has 0 saturated heterocycles. The smallest absolute Gasteiger partial charge is 0.224 e. The summed E-state index contributed by atoms with van der Waals surface area (Å²) in [6, 6.07) is 11.8. The van der Waals surface area contributed by atoms with E-state index in [1.54, 1.807) is 29.9 Å². The van der Waals surface area contributed by atoms with Gasteiger partial charge in [0, 0.05) is 29.3 Å². The van der Waals surface area contributed by atoms with Gasteiger partial charge in [-0.3, -0.25) is 19.9 Å². The van der Waals surface area contributed by atoms with E-state index < -0.39 is 0 Å². The van der Waals surface area contributed by atoms with Gasteiger partial charge < -0.3 is 10.3 Å². The Balaban J connectivity index is 1.36. The van der Waals surface area contributed by atoms with Crippen molar-refractivity contribution in [2.24, 2.45) is 5.41 Å². The number of amides is 1. The van der Waals surface area contributed by atoms with Crippen LogP contribution in [0.15, 0.2) is 55.0 Å². The number of carbonyl (C=O) groups is 1. The zero-order valence-corrected chi connectivity index (χ0v) is 22.3. The predicted molar refractivity (Wildman–Crippen MR) is 151 cm³/mol. The fourth-order valence-corrected chi connectivity index (χ4v) is 5.21. The number of imidazole rings is 1. The third-order valence-electron chi connectivity index (χ3n) is 6.02. The quantitative estimate of drug-likeness (QED) is 0.242. The monoisotopic (exact) mass is 522 g/mol. The summed E-state index contributed by atoms with van der Waals surface area (Å²) in [6.45, 7) is 8.18. The van der Waals surface area contributed by atoms with Gasteiger partial charge in [-0.1, -0.05) is 20.8 Å². The fourth-order valence-electron chi connectivity index (χ4n) is 4.35. The number of aromatic nitrogens is 7. The highest BCUT2D eigenvalue weighted by Gasteiger charge is 2.19. The van der Waals surface area contributed by atoms with Gasteiger partial charge >= 0.3 is 0 Å². The molecule has 3 N–H and O–H groups in total. The summed E-state index contributed by atoms with van der Waals surface area (Å²) in [4.78, 5) is 36.8. The number of anilines is 1. The van der Waals surface area contributed by atoms with Crippen molar-refractivity contribution in [3.05, 3.63) is 59.9 Å². The topological polar surface area (TPSA) is 125 Å². The number of nitrogens with zero attached hydrogens (tertiary/aromatic N) is 5. The fraction of sp³-hybridized carbons (Fsp3) is 0.214. The highest BCUT2D eigenvalue weighted by atomic mass is 32.1. The van der Waals surface area contributed by atoms with Crippen LogP contribution in [-0.4, -0.2) is 41.0 Å². The molecule has 0 aliphatic rings. The van der Waals surface area contributed by atoms with Crippen molar-refractivity contribution in [2.45, 2.75) is 34.1 Å². The average molecular weight is 523 g/mol. The van der Waals surface area contributed by atoms with E-state index in [9.17, 15) is 4.79 Å². The Morgan fingerprint density at radius 1 is 1.00 bits per heavy atom. The number of fused-ring (bicyclic) bond motifs is 2. The Hall–Kier alpha value is -4.44. The molecule has 1 amide bonds. The first-order valence-electron chi connectivity index (χ1n) is 12.3. The van der Waals surface area contributed by atoms with Crippen LogP contribution in [-0.2, 0) is 4.79 Å². The van der Waals surface area contributed by atoms with Crippen molar-refractivity contribution in [1.29, 1.82) is 0 Å². The van der Waals surface area contributed by atoms with Crippen molar-refractivity contribution >= 4 is 45.0 Å². The van der Waals surface area contributed by atoms with E-state index in [2.05, 4.69) is 49.5 Å². The molecule has 0 aromatic carbocycles. The normalized spacial score (nSPS) is 11.9. The van der Waals surface area contributed by atoms with Gasteiger partial charge in [0.1, 0.15) is 16.7 Å². The van der Waals surface area contributed by atoms with E-state index in [1.807, 2.05) is 45.0 Å². The molecule has 0 atom stereocenters. The standard InChI is InChI=1S/C28H26N8OS/c1-15-5-8-21(38-15)25-23-19(9-10-30-25)33-27(34-23)26-24-20(35-36-26)7-6-18(32-24)16-11-17(14-29-13-16)31-22(37)12-28(2,3)4/h5-11,13-14H,12H2,1-4H3,(H,31,37)(H,33,34)(H,35,36). The molecule has 0 bridgehead atoms. The second kappa shape index (κ2) is 9.14. The van der Waals surface area contributed by atoms with Crippen LogP contribution in [0.1, 0.15) is 32.1 Å². The van der Waals surface area contributed by atoms with Gasteiger partial charge in [0.15, 0.2) is 11.5 Å². The maximum absolute atomic E-state index is 12.4. The lowest BCUT2D eigenvalue weighted by atomic mass is 9.92. The molecule has 0 spiro atoms. The number of rotatable bonds is 5. The van der Waals surface area contributed by atoms with E-state index >= 15 is 0 Å². The van der Waals surface area contributed by atoms with Gasteiger partial charge in [0.25, 0.3) is 0 Å². The van der Waals surface area contributed by atoms with Crippen LogP contribution in [0, 0.1) is 12.3 Å². The van der Waals surface area contributed by atoms with Crippen LogP contribution >= 0.6 is 11.3 Å². The molecule has 9 nitrogen and oxygen atoms in total. The maximum atomic E-state index is 12.4. The molecular weight excluding hydrogens is 496 g/mol. The van der Waals surface area contributed by atoms with Gasteiger partial charge in [-0.05, 0) is 48.7 Å². The predicted octanol–water partition coefficient (Wildman–Crippen LogP) is 6.37. The van der Waals surface area contributed by atoms with Gasteiger partial charge in [0.05, 0.1) is 33.5 Å². The number of H-pyrrole nitrogens is 2. The lowest BCUT2D eigenvalue weighted by Crippen LogP contribution is -2.19. The zero-order chi connectivity index (χ0) is 26.4. The number of aromatic amines is 2. The molecule has 6 aromatic rings. The van der Waals surface area contributed by atoms with Crippen molar-refractivity contribution in [3.63, 3.8) is 0 Å². The van der Waals surface area contributed by atoms with Crippen LogP contribution in [0.3, 0.4) is 0 Å². The molecular formula is C28H26N8OS. The van der Waals surface area contributed by atoms with Gasteiger partial charge in [-0.2, -0.15) is 5.10 Å². The minimum Gasteiger partial charge on any atom is -0.336 e. The van der Waals surface area contributed by atoms with Crippen LogP contribution in [0.5, 0.6) is 0 Å². The molecule has 190 valence electrons. The molecule has 0 radical (unpaired) electrons. The Kier molecular flexibility index (Phi) is 5.76. The zero-order valence-electron chi connectivity index (χ0n) is 21.5. The Bertz CT molecular complexity index is 1810. The summed E-state index contributed by atoms with van der Waals surface area (Å²) in [5.74, 6) is 0.563. The third-order valence-corrected chi connectivity index (χ3v) is 7.02. The minimum absolute atomic E-state index is 0.0477. The number of hydrogen-bond donors (Lipinski definition) is 3. The molecule has 38 heavy (non-hydrogen) atoms. The summed E-state index contributed by atoms with van der Waals surface area (Å²) < 4.78 is 0. The van der Waals surface area contributed by atoms with E-state index in [1.165, 1.54) is 4.88 Å². The van der Waals surface area contributed by atoms with Crippen LogP contribution < -0.4 is 5.32 Å². The van der Waals surface area contributed by atoms with Crippen LogP contribution in [0.25, 0.3) is 55.4 Å². The highest BCUT2D eigenvalue weighted by molar-refractivity contribution is 7.15. The molecule has 6 rings (SSSR count). The molecule has 6 heterocycles. The lowest BCUT2D eigenvalue weighted by molar-refractivity contribution is -0.117. The number of nitrogens with one attached hydrogen (secondary N) is 3. The molecule has 0 aliphatic carbocycles. The number of thiophene rings is 1. The van der Waals surface area contributed by atoms with Gasteiger partial charge in [-0.25, -0.2) is 9.97 Å². The second-order valence-corrected chi connectivity index (χ2v) is 11.8. The van der Waals surface area contributed by atoms with E-state index in [-0.39, 0.29) is 11.3 Å². The molecule has 0 fully saturated rings. The lowest BCUT2D eigenvalue weighted by Gasteiger charge is -2.17. The van der Waals surface area contributed by atoms with Crippen molar-refractivity contribution < 1.29 is 4.79 Å². The summed E-state index contributed by atoms with van der Waals surface area (Å²) in [7, 11) is 0. The Morgan fingerprint density at radius 2 is 1.84 bits per heavy atom. The molecule has 10 heteroatoms. The van der Waals surface area contributed by atoms with Crippen molar-refractivity contribution in [1.82, 2.24) is 35.1 Å². The number of pyridine rings is 3. The third kappa shape index (κ3) is 4.66. The molecule has 0 aliphatic heterocycles. The second-order valence-electron chi connectivity index (χ2n) is 10.5. The largest absolute Gasteiger partial charge is 0.336 e. The van der Waals surface area contributed by atoms with Gasteiger partial charge in [-0.15, -0.1) is 11.3 Å². The summed E-state index contributed by atoms with van der Waals surface area (Å²) in [5.41, 5.74) is 6.64. The highest BCUT2D eigenvalue weighted by Crippen LogP contribution is 2.33. The number of hydrogen-bond acceptors (Lipinski definition) is 7. The van der Waals surface area contributed by atoms with Crippen LogP contribution in [0.4, 0.5) is 5.69 Å². The summed E-state index contributed by atoms with van der Waals surface area (Å²) >= 11 is 1.69. The molecule has 6 aromatic heterocycles. The SMILES string of the molecule is Cc1ccc(-c2nccc3[nH]c(-c4n[nH]c5ccc(-c6cncc(NC(=O)CC(C)(C)C)c6)nc45)nc23)s1. The molecule has 0 saturated carbocycles. The number of carbonyl (C=O) groups excluding carboxylic acids is 1. The first-order chi connectivity index (χ1) is 18.2. The Morgan fingerprint density at radius 3 is 2.63 bits per heavy atom. The van der Waals surface area contributed by atoms with E-state index in [4.69, 9.17) is 9.97 Å². The molecule has 0 unspecified atom stereocenters. The van der Waals surface area contributed by atoms with Crippen molar-refractivity contribution in [2.75, 3.05) is 5.32 Å². The summed E-state index contributed by atoms with van der Waals surface area (Å²) in [5, 5.41) is 10.5. The average Bonchev–Trinajstić information content (AvgIpc) is 3.60. The number of aryl methyl sites for hydroxylation is 1. The first-order valence-corrected chi connectivity index (χ1v) is 13.1. The van der Waals surface area contributed by atoms with E-state index in [0.29, 0.717) is 34.8 Å². The van der Waals surface area contributed by atoms with E-state index in [0.717, 1.165) is 32.7 Å². The van der Waals surface area contributed by atoms with Crippen LogP contribution in [0.2, 0.25) is 0 Å².